The molecule has 0 aliphatic heterocycles. The van der Waals surface area contributed by atoms with Crippen molar-refractivity contribution >= 4 is 5.97 Å². The van der Waals surface area contributed by atoms with E-state index in [0.29, 0.717) is 5.56 Å². The van der Waals surface area contributed by atoms with Gasteiger partial charge in [-0.05, 0) is 13.8 Å². The smallest absolute Gasteiger partial charge is 0.338 e. The molecule has 0 saturated carbocycles. The standard InChI is InChI=1S/C13H16O5/c1-7(2)13(15)18-9-6-10(16-4)11(14)12(17-5)8(9)3/h6,14H,1H2,2-5H3. The number of benzene rings is 1. The quantitative estimate of drug-likeness (QED) is 0.505. The van der Waals surface area contributed by atoms with Crippen LogP contribution in [0.4, 0.5) is 0 Å². The zero-order valence-corrected chi connectivity index (χ0v) is 10.9. The highest BCUT2D eigenvalue weighted by Crippen LogP contribution is 2.43. The first-order chi connectivity index (χ1) is 8.42. The molecule has 0 aromatic heterocycles. The van der Waals surface area contributed by atoms with E-state index in [2.05, 4.69) is 6.58 Å². The van der Waals surface area contributed by atoms with Crippen LogP contribution in [0.5, 0.6) is 23.0 Å². The summed E-state index contributed by atoms with van der Waals surface area (Å²) in [6.45, 7) is 6.71. The predicted molar refractivity (Wildman–Crippen MR) is 66.4 cm³/mol. The molecule has 0 aliphatic rings. The van der Waals surface area contributed by atoms with Crippen molar-refractivity contribution < 1.29 is 24.1 Å². The van der Waals surface area contributed by atoms with E-state index in [4.69, 9.17) is 14.2 Å². The molecule has 0 unspecified atom stereocenters. The Morgan fingerprint density at radius 2 is 1.89 bits per heavy atom. The first-order valence-corrected chi connectivity index (χ1v) is 5.24. The van der Waals surface area contributed by atoms with Gasteiger partial charge in [0.25, 0.3) is 0 Å². The second-order valence-electron chi connectivity index (χ2n) is 3.75. The molecule has 1 N–H and O–H groups in total. The fourth-order valence-corrected chi connectivity index (χ4v) is 1.40. The van der Waals surface area contributed by atoms with Gasteiger partial charge in [0.2, 0.25) is 5.75 Å². The lowest BCUT2D eigenvalue weighted by atomic mass is 10.1. The molecular weight excluding hydrogens is 236 g/mol. The number of phenolic OH excluding ortho intramolecular Hbond substituents is 1. The normalized spacial score (nSPS) is 9.78. The highest BCUT2D eigenvalue weighted by atomic mass is 16.5. The highest BCUT2D eigenvalue weighted by molar-refractivity contribution is 5.89. The second-order valence-corrected chi connectivity index (χ2v) is 3.75. The predicted octanol–water partition coefficient (Wildman–Crippen LogP) is 2.20. The summed E-state index contributed by atoms with van der Waals surface area (Å²) in [5.41, 5.74) is 0.783. The van der Waals surface area contributed by atoms with Crippen LogP contribution in [0.25, 0.3) is 0 Å². The van der Waals surface area contributed by atoms with Gasteiger partial charge in [-0.15, -0.1) is 0 Å². The van der Waals surface area contributed by atoms with Crippen LogP contribution in [0.15, 0.2) is 18.2 Å². The minimum absolute atomic E-state index is 0.132. The SMILES string of the molecule is C=C(C)C(=O)Oc1cc(OC)c(O)c(OC)c1C. The summed E-state index contributed by atoms with van der Waals surface area (Å²) in [6, 6.07) is 1.42. The zero-order chi connectivity index (χ0) is 13.9. The molecule has 98 valence electrons. The monoisotopic (exact) mass is 252 g/mol. The molecule has 1 aromatic rings. The van der Waals surface area contributed by atoms with Crippen LogP contribution in [0.3, 0.4) is 0 Å². The van der Waals surface area contributed by atoms with Crippen LogP contribution in [0.2, 0.25) is 0 Å². The maximum Gasteiger partial charge on any atom is 0.338 e. The van der Waals surface area contributed by atoms with E-state index in [9.17, 15) is 9.90 Å². The van der Waals surface area contributed by atoms with Crippen molar-refractivity contribution in [2.24, 2.45) is 0 Å². The van der Waals surface area contributed by atoms with E-state index in [-0.39, 0.29) is 28.6 Å². The van der Waals surface area contributed by atoms with Gasteiger partial charge in [-0.3, -0.25) is 0 Å². The summed E-state index contributed by atoms with van der Waals surface area (Å²) in [5, 5.41) is 9.83. The topological polar surface area (TPSA) is 65.0 Å². The molecule has 1 aromatic carbocycles. The van der Waals surface area contributed by atoms with Gasteiger partial charge in [0.15, 0.2) is 11.5 Å². The molecule has 0 heterocycles. The highest BCUT2D eigenvalue weighted by Gasteiger charge is 2.19. The number of esters is 1. The Hall–Kier alpha value is -2.17. The van der Waals surface area contributed by atoms with E-state index in [1.165, 1.54) is 20.3 Å². The molecular formula is C13H16O5. The van der Waals surface area contributed by atoms with Crippen LogP contribution in [-0.4, -0.2) is 25.3 Å². The van der Waals surface area contributed by atoms with E-state index in [1.54, 1.807) is 13.8 Å². The van der Waals surface area contributed by atoms with Crippen molar-refractivity contribution in [2.45, 2.75) is 13.8 Å². The maximum absolute atomic E-state index is 11.5. The third-order valence-corrected chi connectivity index (χ3v) is 2.40. The van der Waals surface area contributed by atoms with Gasteiger partial charge in [0.05, 0.1) is 14.2 Å². The number of phenols is 1. The Labute approximate surface area is 106 Å². The molecule has 18 heavy (non-hydrogen) atoms. The van der Waals surface area contributed by atoms with Crippen molar-refractivity contribution in [3.63, 3.8) is 0 Å². The molecule has 0 saturated heterocycles. The van der Waals surface area contributed by atoms with Gasteiger partial charge in [-0.2, -0.15) is 0 Å². The number of carbonyl (C=O) groups excluding carboxylic acids is 1. The number of aromatic hydroxyl groups is 1. The maximum atomic E-state index is 11.5. The number of hydrogen-bond donors (Lipinski definition) is 1. The van der Waals surface area contributed by atoms with E-state index in [0.717, 1.165) is 0 Å². The number of hydrogen-bond acceptors (Lipinski definition) is 5. The van der Waals surface area contributed by atoms with Gasteiger partial charge >= 0.3 is 5.97 Å². The summed E-state index contributed by atoms with van der Waals surface area (Å²) in [6.07, 6.45) is 0. The number of carbonyl (C=O) groups is 1. The summed E-state index contributed by atoms with van der Waals surface area (Å²) in [4.78, 5) is 11.5. The third kappa shape index (κ3) is 2.56. The summed E-state index contributed by atoms with van der Waals surface area (Å²) in [7, 11) is 2.81. The third-order valence-electron chi connectivity index (χ3n) is 2.40. The fraction of sp³-hybridized carbons (Fsp3) is 0.308. The van der Waals surface area contributed by atoms with Gasteiger partial charge in [-0.1, -0.05) is 6.58 Å². The number of ether oxygens (including phenoxy) is 3. The summed E-state index contributed by atoms with van der Waals surface area (Å²) < 4.78 is 15.2. The second kappa shape index (κ2) is 5.44. The summed E-state index contributed by atoms with van der Waals surface area (Å²) in [5.74, 6) is -0.0455. The van der Waals surface area contributed by atoms with Crippen LogP contribution in [0, 0.1) is 6.92 Å². The zero-order valence-electron chi connectivity index (χ0n) is 10.9. The minimum atomic E-state index is -0.548. The van der Waals surface area contributed by atoms with E-state index < -0.39 is 5.97 Å². The van der Waals surface area contributed by atoms with Crippen LogP contribution in [-0.2, 0) is 4.79 Å². The number of rotatable bonds is 4. The lowest BCUT2D eigenvalue weighted by Crippen LogP contribution is -2.09. The van der Waals surface area contributed by atoms with Crippen molar-refractivity contribution in [1.29, 1.82) is 0 Å². The largest absolute Gasteiger partial charge is 0.502 e. The molecule has 0 radical (unpaired) electrons. The Bertz CT molecular complexity index is 491. The van der Waals surface area contributed by atoms with Crippen LogP contribution < -0.4 is 14.2 Å². The van der Waals surface area contributed by atoms with Crippen molar-refractivity contribution in [3.05, 3.63) is 23.8 Å². The van der Waals surface area contributed by atoms with Crippen LogP contribution >= 0.6 is 0 Å². The van der Waals surface area contributed by atoms with Crippen molar-refractivity contribution in [3.8, 4) is 23.0 Å². The molecule has 0 amide bonds. The average molecular weight is 252 g/mol. The van der Waals surface area contributed by atoms with Gasteiger partial charge in [0.1, 0.15) is 5.75 Å². The molecule has 0 atom stereocenters. The average Bonchev–Trinajstić information content (AvgIpc) is 2.33. The Morgan fingerprint density at radius 1 is 1.28 bits per heavy atom. The van der Waals surface area contributed by atoms with Crippen molar-refractivity contribution in [1.82, 2.24) is 0 Å². The Kier molecular flexibility index (Phi) is 4.20. The summed E-state index contributed by atoms with van der Waals surface area (Å²) >= 11 is 0. The molecule has 5 nitrogen and oxygen atoms in total. The van der Waals surface area contributed by atoms with Gasteiger partial charge < -0.3 is 19.3 Å². The molecule has 0 fully saturated rings. The van der Waals surface area contributed by atoms with E-state index >= 15 is 0 Å². The molecule has 1 rings (SSSR count). The van der Waals surface area contributed by atoms with Crippen LogP contribution in [0.1, 0.15) is 12.5 Å². The molecule has 0 spiro atoms. The van der Waals surface area contributed by atoms with Gasteiger partial charge in [0, 0.05) is 17.2 Å². The Balaban J connectivity index is 3.28. The van der Waals surface area contributed by atoms with E-state index in [1.807, 2.05) is 0 Å². The first-order valence-electron chi connectivity index (χ1n) is 5.24. The molecule has 5 heteroatoms. The van der Waals surface area contributed by atoms with Crippen molar-refractivity contribution in [2.75, 3.05) is 14.2 Å². The lowest BCUT2D eigenvalue weighted by Gasteiger charge is -2.15. The molecule has 0 bridgehead atoms. The first kappa shape index (κ1) is 13.9. The number of methoxy groups -OCH3 is 2. The lowest BCUT2D eigenvalue weighted by molar-refractivity contribution is -0.130. The van der Waals surface area contributed by atoms with Gasteiger partial charge in [-0.25, -0.2) is 4.79 Å². The fourth-order valence-electron chi connectivity index (χ4n) is 1.40. The minimum Gasteiger partial charge on any atom is -0.502 e. The Morgan fingerprint density at radius 3 is 2.33 bits per heavy atom. The molecule has 0 aliphatic carbocycles.